The van der Waals surface area contributed by atoms with Gasteiger partial charge in [-0.05, 0) is 44.4 Å². The van der Waals surface area contributed by atoms with Gasteiger partial charge in [0, 0.05) is 13.1 Å². The van der Waals surface area contributed by atoms with Crippen LogP contribution >= 0.6 is 0 Å². The van der Waals surface area contributed by atoms with Gasteiger partial charge in [-0.3, -0.25) is 9.59 Å². The molecular formula is C17H23NO4. The van der Waals surface area contributed by atoms with Crippen molar-refractivity contribution in [1.29, 1.82) is 0 Å². The number of carbonyl (C=O) groups is 2. The Kier molecular flexibility index (Phi) is 5.41. The fourth-order valence-electron chi connectivity index (χ4n) is 2.70. The Bertz CT molecular complexity index is 535. The van der Waals surface area contributed by atoms with Gasteiger partial charge < -0.3 is 14.4 Å². The van der Waals surface area contributed by atoms with Gasteiger partial charge >= 0.3 is 5.97 Å². The molecule has 5 heteroatoms. The van der Waals surface area contributed by atoms with E-state index in [1.807, 2.05) is 31.2 Å². The van der Waals surface area contributed by atoms with Crippen LogP contribution in [0.3, 0.4) is 0 Å². The Morgan fingerprint density at radius 3 is 2.55 bits per heavy atom. The molecule has 1 aliphatic rings. The predicted molar refractivity (Wildman–Crippen MR) is 82.6 cm³/mol. The van der Waals surface area contributed by atoms with Gasteiger partial charge in [0.2, 0.25) is 0 Å². The van der Waals surface area contributed by atoms with Crippen LogP contribution in [0.25, 0.3) is 0 Å². The number of ether oxygens (including phenoxy) is 2. The number of aryl methyl sites for hydroxylation is 1. The molecule has 1 heterocycles. The summed E-state index contributed by atoms with van der Waals surface area (Å²) < 4.78 is 10.5. The fraction of sp³-hybridized carbons (Fsp3) is 0.529. The van der Waals surface area contributed by atoms with E-state index in [-0.39, 0.29) is 17.8 Å². The van der Waals surface area contributed by atoms with Gasteiger partial charge in [-0.1, -0.05) is 12.1 Å². The van der Waals surface area contributed by atoms with Crippen LogP contribution in [0.2, 0.25) is 0 Å². The highest BCUT2D eigenvalue weighted by Gasteiger charge is 2.30. The highest BCUT2D eigenvalue weighted by atomic mass is 16.5. The summed E-state index contributed by atoms with van der Waals surface area (Å²) in [6.45, 7) is 4.88. The zero-order valence-electron chi connectivity index (χ0n) is 13.4. The summed E-state index contributed by atoms with van der Waals surface area (Å²) in [5, 5.41) is 0. The molecule has 5 nitrogen and oxygen atoms in total. The molecule has 1 aromatic rings. The number of carbonyl (C=O) groups excluding carboxylic acids is 2. The van der Waals surface area contributed by atoms with E-state index in [1.54, 1.807) is 11.8 Å². The molecule has 22 heavy (non-hydrogen) atoms. The summed E-state index contributed by atoms with van der Waals surface area (Å²) >= 11 is 0. The van der Waals surface area contributed by atoms with Gasteiger partial charge in [0.15, 0.2) is 6.10 Å². The van der Waals surface area contributed by atoms with Crippen molar-refractivity contribution < 1.29 is 19.1 Å². The standard InChI is InChI=1S/C17H23NO4/c1-12-5-4-6-15(11-12)22-13(2)16(19)18-9-7-14(8-10-18)17(20)21-3/h4-6,11,13-14H,7-10H2,1-3H3. The van der Waals surface area contributed by atoms with Crippen molar-refractivity contribution in [1.82, 2.24) is 4.90 Å². The quantitative estimate of drug-likeness (QED) is 0.800. The Morgan fingerprint density at radius 1 is 1.27 bits per heavy atom. The van der Waals surface area contributed by atoms with E-state index < -0.39 is 6.10 Å². The van der Waals surface area contributed by atoms with E-state index in [2.05, 4.69) is 0 Å². The number of piperidine rings is 1. The molecule has 1 atom stereocenters. The van der Waals surface area contributed by atoms with Crippen molar-refractivity contribution in [2.75, 3.05) is 20.2 Å². The Labute approximate surface area is 131 Å². The number of amides is 1. The molecule has 0 bridgehead atoms. The van der Waals surface area contributed by atoms with E-state index in [0.29, 0.717) is 31.7 Å². The van der Waals surface area contributed by atoms with Crippen LogP contribution in [0.15, 0.2) is 24.3 Å². The SMILES string of the molecule is COC(=O)C1CCN(C(=O)C(C)Oc2cccc(C)c2)CC1. The smallest absolute Gasteiger partial charge is 0.308 e. The third-order valence-electron chi connectivity index (χ3n) is 3.99. The minimum atomic E-state index is -0.531. The van der Waals surface area contributed by atoms with Crippen LogP contribution in [-0.4, -0.2) is 43.1 Å². The first kappa shape index (κ1) is 16.3. The molecule has 2 rings (SSSR count). The molecule has 1 saturated heterocycles. The van der Waals surface area contributed by atoms with Gasteiger partial charge in [-0.25, -0.2) is 0 Å². The van der Waals surface area contributed by atoms with Crippen molar-refractivity contribution in [3.63, 3.8) is 0 Å². The number of esters is 1. The lowest BCUT2D eigenvalue weighted by atomic mass is 9.97. The summed E-state index contributed by atoms with van der Waals surface area (Å²) in [6, 6.07) is 7.65. The highest BCUT2D eigenvalue weighted by Crippen LogP contribution is 2.20. The van der Waals surface area contributed by atoms with Crippen LogP contribution in [0, 0.1) is 12.8 Å². The normalized spacial score (nSPS) is 17.0. The van der Waals surface area contributed by atoms with Gasteiger partial charge in [0.05, 0.1) is 13.0 Å². The van der Waals surface area contributed by atoms with Crippen molar-refractivity contribution in [3.05, 3.63) is 29.8 Å². The number of hydrogen-bond donors (Lipinski definition) is 0. The lowest BCUT2D eigenvalue weighted by molar-refractivity contribution is -0.150. The number of hydrogen-bond acceptors (Lipinski definition) is 4. The molecule has 1 aliphatic heterocycles. The largest absolute Gasteiger partial charge is 0.481 e. The first-order valence-electron chi connectivity index (χ1n) is 7.61. The molecular weight excluding hydrogens is 282 g/mol. The maximum absolute atomic E-state index is 12.4. The highest BCUT2D eigenvalue weighted by molar-refractivity contribution is 5.81. The first-order chi connectivity index (χ1) is 10.5. The second-order valence-corrected chi connectivity index (χ2v) is 5.70. The van der Waals surface area contributed by atoms with Crippen LogP contribution in [0.1, 0.15) is 25.3 Å². The van der Waals surface area contributed by atoms with E-state index in [4.69, 9.17) is 9.47 Å². The molecule has 1 unspecified atom stereocenters. The van der Waals surface area contributed by atoms with E-state index in [0.717, 1.165) is 5.56 Å². The molecule has 0 radical (unpaired) electrons. The van der Waals surface area contributed by atoms with Crippen molar-refractivity contribution >= 4 is 11.9 Å². The van der Waals surface area contributed by atoms with Gasteiger partial charge in [-0.15, -0.1) is 0 Å². The zero-order chi connectivity index (χ0) is 16.1. The van der Waals surface area contributed by atoms with Gasteiger partial charge in [-0.2, -0.15) is 0 Å². The summed E-state index contributed by atoms with van der Waals surface area (Å²) in [4.78, 5) is 25.7. The molecule has 0 aliphatic carbocycles. The van der Waals surface area contributed by atoms with E-state index in [1.165, 1.54) is 7.11 Å². The maximum atomic E-state index is 12.4. The van der Waals surface area contributed by atoms with Gasteiger partial charge in [0.25, 0.3) is 5.91 Å². The number of nitrogens with zero attached hydrogens (tertiary/aromatic N) is 1. The number of likely N-dealkylation sites (tertiary alicyclic amines) is 1. The summed E-state index contributed by atoms with van der Waals surface area (Å²) in [5.74, 6) is 0.383. The monoisotopic (exact) mass is 305 g/mol. The molecule has 0 N–H and O–H groups in total. The van der Waals surface area contributed by atoms with Crippen molar-refractivity contribution in [2.45, 2.75) is 32.8 Å². The third kappa shape index (κ3) is 4.00. The molecule has 0 spiro atoms. The lowest BCUT2D eigenvalue weighted by Crippen LogP contribution is -2.45. The Morgan fingerprint density at radius 2 is 1.95 bits per heavy atom. The van der Waals surface area contributed by atoms with Crippen LogP contribution < -0.4 is 4.74 Å². The Hall–Kier alpha value is -2.04. The molecule has 0 aromatic heterocycles. The Balaban J connectivity index is 1.88. The second-order valence-electron chi connectivity index (χ2n) is 5.70. The minimum Gasteiger partial charge on any atom is -0.481 e. The number of methoxy groups -OCH3 is 1. The molecule has 0 saturated carbocycles. The van der Waals surface area contributed by atoms with Crippen LogP contribution in [0.5, 0.6) is 5.75 Å². The number of benzene rings is 1. The molecule has 1 fully saturated rings. The lowest BCUT2D eigenvalue weighted by Gasteiger charge is -2.32. The molecule has 1 amide bonds. The average molecular weight is 305 g/mol. The third-order valence-corrected chi connectivity index (χ3v) is 3.99. The van der Waals surface area contributed by atoms with Crippen molar-refractivity contribution in [3.8, 4) is 5.75 Å². The molecule has 120 valence electrons. The first-order valence-corrected chi connectivity index (χ1v) is 7.61. The maximum Gasteiger partial charge on any atom is 0.308 e. The van der Waals surface area contributed by atoms with E-state index >= 15 is 0 Å². The summed E-state index contributed by atoms with van der Waals surface area (Å²) in [5.41, 5.74) is 1.09. The predicted octanol–water partition coefficient (Wildman–Crippen LogP) is 2.17. The minimum absolute atomic E-state index is 0.0372. The fourth-order valence-corrected chi connectivity index (χ4v) is 2.70. The zero-order valence-corrected chi connectivity index (χ0v) is 13.4. The van der Waals surface area contributed by atoms with Crippen LogP contribution in [-0.2, 0) is 14.3 Å². The van der Waals surface area contributed by atoms with Crippen molar-refractivity contribution in [2.24, 2.45) is 5.92 Å². The van der Waals surface area contributed by atoms with E-state index in [9.17, 15) is 9.59 Å². The van der Waals surface area contributed by atoms with Gasteiger partial charge in [0.1, 0.15) is 5.75 Å². The second kappa shape index (κ2) is 7.29. The summed E-state index contributed by atoms with van der Waals surface area (Å²) in [7, 11) is 1.40. The number of rotatable bonds is 4. The summed E-state index contributed by atoms with van der Waals surface area (Å²) in [6.07, 6.45) is 0.766. The topological polar surface area (TPSA) is 55.8 Å². The van der Waals surface area contributed by atoms with Crippen LogP contribution in [0.4, 0.5) is 0 Å². The molecule has 1 aromatic carbocycles. The average Bonchev–Trinajstić information content (AvgIpc) is 2.53.